The van der Waals surface area contributed by atoms with Crippen LogP contribution in [0.1, 0.15) is 45.0 Å². The van der Waals surface area contributed by atoms with Crippen LogP contribution in [0.4, 0.5) is 5.13 Å². The number of ether oxygens (including phenoxy) is 2. The van der Waals surface area contributed by atoms with Gasteiger partial charge in [0.1, 0.15) is 4.88 Å². The smallest absolute Gasteiger partial charge is 0.350 e. The molecule has 2 aromatic heterocycles. The molecule has 0 saturated carbocycles. The summed E-state index contributed by atoms with van der Waals surface area (Å²) in [6.07, 6.45) is 0.417. The van der Waals surface area contributed by atoms with Crippen LogP contribution in [0.3, 0.4) is 0 Å². The summed E-state index contributed by atoms with van der Waals surface area (Å²) >= 11 is 7.23. The zero-order chi connectivity index (χ0) is 21.1. The van der Waals surface area contributed by atoms with Crippen LogP contribution in [0.15, 0.2) is 0 Å². The van der Waals surface area contributed by atoms with Crippen molar-refractivity contribution in [3.05, 3.63) is 27.2 Å². The van der Waals surface area contributed by atoms with Gasteiger partial charge in [0.15, 0.2) is 16.1 Å². The first-order valence-corrected chi connectivity index (χ1v) is 10.5. The van der Waals surface area contributed by atoms with Crippen molar-refractivity contribution >= 4 is 39.9 Å². The third kappa shape index (κ3) is 4.71. The number of thiazole rings is 1. The van der Waals surface area contributed by atoms with Gasteiger partial charge in [0, 0.05) is 20.2 Å². The third-order valence-corrected chi connectivity index (χ3v) is 6.30. The maximum atomic E-state index is 12.5. The van der Waals surface area contributed by atoms with Gasteiger partial charge in [0.05, 0.1) is 30.1 Å². The molecule has 158 valence electrons. The van der Waals surface area contributed by atoms with Gasteiger partial charge in [-0.1, -0.05) is 22.9 Å². The van der Waals surface area contributed by atoms with E-state index in [4.69, 9.17) is 21.1 Å². The summed E-state index contributed by atoms with van der Waals surface area (Å²) in [5.74, 6) is -0.499. The molecule has 29 heavy (non-hydrogen) atoms. The maximum Gasteiger partial charge on any atom is 0.350 e. The van der Waals surface area contributed by atoms with E-state index in [1.165, 1.54) is 11.3 Å². The number of aromatic amines is 1. The summed E-state index contributed by atoms with van der Waals surface area (Å²) in [7, 11) is 1.61. The van der Waals surface area contributed by atoms with E-state index in [0.717, 1.165) is 5.13 Å². The molecule has 2 N–H and O–H groups in total. The average Bonchev–Trinajstić information content (AvgIpc) is 3.24. The van der Waals surface area contributed by atoms with Crippen LogP contribution in [-0.4, -0.2) is 65.8 Å². The van der Waals surface area contributed by atoms with E-state index in [9.17, 15) is 9.59 Å². The fourth-order valence-corrected chi connectivity index (χ4v) is 4.31. The molecule has 0 bridgehead atoms. The number of aromatic nitrogens is 3. The van der Waals surface area contributed by atoms with Gasteiger partial charge in [0.2, 0.25) is 0 Å². The van der Waals surface area contributed by atoms with E-state index < -0.39 is 0 Å². The van der Waals surface area contributed by atoms with Gasteiger partial charge in [-0.3, -0.25) is 4.79 Å². The van der Waals surface area contributed by atoms with Crippen molar-refractivity contribution in [2.75, 3.05) is 31.7 Å². The van der Waals surface area contributed by atoms with Crippen LogP contribution in [0, 0.1) is 13.8 Å². The highest BCUT2D eigenvalue weighted by molar-refractivity contribution is 7.17. The lowest BCUT2D eigenvalue weighted by Gasteiger charge is -2.37. The zero-order valence-corrected chi connectivity index (χ0v) is 18.3. The lowest BCUT2D eigenvalue weighted by Crippen LogP contribution is -2.55. The van der Waals surface area contributed by atoms with Crippen LogP contribution < -0.4 is 10.2 Å². The molecule has 2 atom stereocenters. The Kier molecular flexibility index (Phi) is 6.76. The molecular weight excluding hydrogens is 418 g/mol. The van der Waals surface area contributed by atoms with Crippen LogP contribution in [0.25, 0.3) is 0 Å². The number of anilines is 1. The standard InChI is InChI=1S/C18H24ClN5O4S/c1-5-28-17(26)13-9(2)21-18(29-13)24-7-6-11(12(8-24)27-4)22-16(25)15-20-10(3)14(19)23-15/h11-12H,5-8H2,1-4H3,(H,20,23)(H,22,25)/t11-,12+/m0/s1. The number of nitrogens with one attached hydrogen (secondary N) is 2. The molecule has 1 saturated heterocycles. The van der Waals surface area contributed by atoms with Crippen LogP contribution in [0.2, 0.25) is 5.15 Å². The zero-order valence-electron chi connectivity index (χ0n) is 16.7. The Morgan fingerprint density at radius 2 is 2.14 bits per heavy atom. The summed E-state index contributed by atoms with van der Waals surface area (Å²) < 4.78 is 10.7. The van der Waals surface area contributed by atoms with Crippen LogP contribution in [0.5, 0.6) is 0 Å². The minimum absolute atomic E-state index is 0.180. The SMILES string of the molecule is CCOC(=O)c1sc(N2CC[C@H](NC(=O)c3nc(Cl)c(C)[nH]3)[C@H](OC)C2)nc1C. The van der Waals surface area contributed by atoms with Crippen molar-refractivity contribution in [3.63, 3.8) is 0 Å². The first-order chi connectivity index (χ1) is 13.8. The second-order valence-electron chi connectivity index (χ2n) is 6.72. The normalized spacial score (nSPS) is 19.3. The highest BCUT2D eigenvalue weighted by atomic mass is 35.5. The molecule has 0 spiro atoms. The Morgan fingerprint density at radius 1 is 1.38 bits per heavy atom. The Morgan fingerprint density at radius 3 is 2.76 bits per heavy atom. The molecule has 1 amide bonds. The number of methoxy groups -OCH3 is 1. The van der Waals surface area contributed by atoms with Gasteiger partial charge in [-0.05, 0) is 27.2 Å². The van der Waals surface area contributed by atoms with Crippen molar-refractivity contribution in [1.82, 2.24) is 20.3 Å². The van der Waals surface area contributed by atoms with E-state index in [0.29, 0.717) is 42.4 Å². The molecule has 3 rings (SSSR count). The number of hydrogen-bond donors (Lipinski definition) is 2. The fraction of sp³-hybridized carbons (Fsp3) is 0.556. The number of nitrogens with zero attached hydrogens (tertiary/aromatic N) is 3. The molecule has 0 radical (unpaired) electrons. The molecule has 1 aliphatic rings. The second kappa shape index (κ2) is 9.10. The van der Waals surface area contributed by atoms with Gasteiger partial charge in [-0.2, -0.15) is 0 Å². The largest absolute Gasteiger partial charge is 0.462 e. The molecule has 9 nitrogen and oxygen atoms in total. The number of carbonyl (C=O) groups excluding carboxylic acids is 2. The van der Waals surface area contributed by atoms with Crippen molar-refractivity contribution in [3.8, 4) is 0 Å². The summed E-state index contributed by atoms with van der Waals surface area (Å²) in [6, 6.07) is -0.182. The van der Waals surface area contributed by atoms with Gasteiger partial charge >= 0.3 is 5.97 Å². The van der Waals surface area contributed by atoms with Crippen molar-refractivity contribution in [1.29, 1.82) is 0 Å². The minimum atomic E-state index is -0.355. The molecule has 0 aliphatic carbocycles. The second-order valence-corrected chi connectivity index (χ2v) is 8.06. The predicted octanol–water partition coefficient (Wildman–Crippen LogP) is 2.34. The highest BCUT2D eigenvalue weighted by Crippen LogP contribution is 2.29. The number of piperidine rings is 1. The highest BCUT2D eigenvalue weighted by Gasteiger charge is 2.33. The number of amides is 1. The molecule has 1 fully saturated rings. The van der Waals surface area contributed by atoms with Gasteiger partial charge in [-0.25, -0.2) is 14.8 Å². The van der Waals surface area contributed by atoms with E-state index in [-0.39, 0.29) is 35.0 Å². The van der Waals surface area contributed by atoms with Crippen molar-refractivity contribution < 1.29 is 19.1 Å². The van der Waals surface area contributed by atoms with Gasteiger partial charge in [-0.15, -0.1) is 0 Å². The molecule has 3 heterocycles. The van der Waals surface area contributed by atoms with E-state index in [1.807, 2.05) is 0 Å². The fourth-order valence-electron chi connectivity index (χ4n) is 3.18. The number of carbonyl (C=O) groups is 2. The molecule has 0 aromatic carbocycles. The Balaban J connectivity index is 1.67. The quantitative estimate of drug-likeness (QED) is 0.662. The molecule has 0 unspecified atom stereocenters. The Labute approximate surface area is 177 Å². The maximum absolute atomic E-state index is 12.5. The number of hydrogen-bond acceptors (Lipinski definition) is 8. The first-order valence-electron chi connectivity index (χ1n) is 9.29. The predicted molar refractivity (Wildman–Crippen MR) is 110 cm³/mol. The van der Waals surface area contributed by atoms with Crippen LogP contribution in [-0.2, 0) is 9.47 Å². The van der Waals surface area contributed by atoms with Gasteiger partial charge < -0.3 is 24.7 Å². The monoisotopic (exact) mass is 441 g/mol. The van der Waals surface area contributed by atoms with Crippen molar-refractivity contribution in [2.45, 2.75) is 39.3 Å². The number of esters is 1. The van der Waals surface area contributed by atoms with Crippen LogP contribution >= 0.6 is 22.9 Å². The number of imidazole rings is 1. The Bertz CT molecular complexity index is 879. The lowest BCUT2D eigenvalue weighted by molar-refractivity contribution is 0.0530. The summed E-state index contributed by atoms with van der Waals surface area (Å²) in [4.78, 5) is 38.5. The number of aryl methyl sites for hydroxylation is 2. The summed E-state index contributed by atoms with van der Waals surface area (Å²) in [5.41, 5.74) is 1.30. The number of H-pyrrole nitrogens is 1. The third-order valence-electron chi connectivity index (χ3n) is 4.74. The molecule has 11 heteroatoms. The minimum Gasteiger partial charge on any atom is -0.462 e. The van der Waals surface area contributed by atoms with Gasteiger partial charge in [0.25, 0.3) is 5.91 Å². The van der Waals surface area contributed by atoms with E-state index >= 15 is 0 Å². The summed E-state index contributed by atoms with van der Waals surface area (Å²) in [6.45, 7) is 6.84. The lowest BCUT2D eigenvalue weighted by atomic mass is 10.0. The molecule has 2 aromatic rings. The average molecular weight is 442 g/mol. The Hall–Kier alpha value is -2.17. The van der Waals surface area contributed by atoms with E-state index in [2.05, 4.69) is 25.2 Å². The molecule has 1 aliphatic heterocycles. The number of rotatable bonds is 6. The summed E-state index contributed by atoms with van der Waals surface area (Å²) in [5, 5.41) is 3.99. The van der Waals surface area contributed by atoms with Crippen molar-refractivity contribution in [2.24, 2.45) is 0 Å². The topological polar surface area (TPSA) is 109 Å². The molecular formula is C18H24ClN5O4S. The van der Waals surface area contributed by atoms with E-state index in [1.54, 1.807) is 27.9 Å². The first kappa shape index (κ1) is 21.5. The number of halogens is 1.